The Morgan fingerprint density at radius 1 is 1.20 bits per heavy atom. The summed E-state index contributed by atoms with van der Waals surface area (Å²) in [6, 6.07) is 5.38. The first kappa shape index (κ1) is 19.2. The lowest BCUT2D eigenvalue weighted by Crippen LogP contribution is -2.27. The van der Waals surface area contributed by atoms with Crippen LogP contribution in [0.3, 0.4) is 0 Å². The van der Waals surface area contributed by atoms with Crippen molar-refractivity contribution in [1.29, 1.82) is 0 Å². The molecule has 0 saturated heterocycles. The van der Waals surface area contributed by atoms with Crippen molar-refractivity contribution in [3.63, 3.8) is 0 Å². The number of hydrogen-bond acceptors (Lipinski definition) is 5. The number of para-hydroxylation sites is 1. The number of amides is 2. The maximum absolute atomic E-state index is 12.5. The molecule has 0 saturated carbocycles. The molecule has 0 spiro atoms. The maximum atomic E-state index is 12.5. The van der Waals surface area contributed by atoms with Gasteiger partial charge in [-0.15, -0.1) is 0 Å². The van der Waals surface area contributed by atoms with Gasteiger partial charge in [-0.25, -0.2) is 9.78 Å². The first-order valence-corrected chi connectivity index (χ1v) is 8.80. The van der Waals surface area contributed by atoms with E-state index in [4.69, 9.17) is 16.3 Å². The maximum Gasteiger partial charge on any atom is 0.413 e. The van der Waals surface area contributed by atoms with Crippen LogP contribution in [0.4, 0.5) is 15.6 Å². The second-order valence-corrected chi connectivity index (χ2v) is 7.85. The molecule has 134 valence electrons. The van der Waals surface area contributed by atoms with Crippen molar-refractivity contribution < 1.29 is 14.3 Å². The summed E-state index contributed by atoms with van der Waals surface area (Å²) in [6.07, 6.45) is -0.616. The molecular weight excluding hydrogens is 362 g/mol. The Kier molecular flexibility index (Phi) is 5.69. The highest BCUT2D eigenvalue weighted by molar-refractivity contribution is 7.17. The SMILES string of the molecule is Cc1cccc(Cl)c1NC(=O)c1sc(NC(=O)OC(C)(C)C)nc1C. The second-order valence-electron chi connectivity index (χ2n) is 6.45. The van der Waals surface area contributed by atoms with E-state index in [9.17, 15) is 9.59 Å². The van der Waals surface area contributed by atoms with Gasteiger partial charge >= 0.3 is 6.09 Å². The topological polar surface area (TPSA) is 80.3 Å². The summed E-state index contributed by atoms with van der Waals surface area (Å²) >= 11 is 7.21. The van der Waals surface area contributed by atoms with Crippen molar-refractivity contribution in [2.75, 3.05) is 10.6 Å². The average Bonchev–Trinajstić information content (AvgIpc) is 2.81. The summed E-state index contributed by atoms with van der Waals surface area (Å²) < 4.78 is 5.18. The minimum Gasteiger partial charge on any atom is -0.444 e. The summed E-state index contributed by atoms with van der Waals surface area (Å²) in [5, 5.41) is 6.10. The molecule has 2 N–H and O–H groups in total. The molecule has 1 aromatic heterocycles. The molecular formula is C17H20ClN3O3S. The first-order chi connectivity index (χ1) is 11.6. The van der Waals surface area contributed by atoms with E-state index in [0.717, 1.165) is 16.9 Å². The Bertz CT molecular complexity index is 792. The van der Waals surface area contributed by atoms with Crippen LogP contribution in [0.15, 0.2) is 18.2 Å². The molecule has 0 radical (unpaired) electrons. The van der Waals surface area contributed by atoms with Crippen LogP contribution in [0.25, 0.3) is 0 Å². The van der Waals surface area contributed by atoms with Gasteiger partial charge in [0.15, 0.2) is 5.13 Å². The number of aryl methyl sites for hydroxylation is 2. The van der Waals surface area contributed by atoms with Crippen LogP contribution in [-0.4, -0.2) is 22.6 Å². The number of anilines is 2. The zero-order chi connectivity index (χ0) is 18.8. The molecule has 1 heterocycles. The zero-order valence-electron chi connectivity index (χ0n) is 14.7. The minimum atomic E-state index is -0.616. The summed E-state index contributed by atoms with van der Waals surface area (Å²) in [5.74, 6) is -0.330. The predicted molar refractivity (Wildman–Crippen MR) is 101 cm³/mol. The molecule has 1 aromatic carbocycles. The molecule has 0 aliphatic heterocycles. The van der Waals surface area contributed by atoms with Gasteiger partial charge in [-0.1, -0.05) is 35.1 Å². The number of nitrogens with zero attached hydrogens (tertiary/aromatic N) is 1. The van der Waals surface area contributed by atoms with Crippen LogP contribution in [-0.2, 0) is 4.74 Å². The number of carbonyl (C=O) groups excluding carboxylic acids is 2. The number of halogens is 1. The molecule has 8 heteroatoms. The predicted octanol–water partition coefficient (Wildman–Crippen LogP) is 5.01. The highest BCUT2D eigenvalue weighted by atomic mass is 35.5. The molecule has 0 bridgehead atoms. The van der Waals surface area contributed by atoms with Gasteiger partial charge in [0, 0.05) is 0 Å². The summed E-state index contributed by atoms with van der Waals surface area (Å²) in [7, 11) is 0. The van der Waals surface area contributed by atoms with Crippen molar-refractivity contribution in [3.8, 4) is 0 Å². The van der Waals surface area contributed by atoms with Crippen LogP contribution in [0.2, 0.25) is 5.02 Å². The zero-order valence-corrected chi connectivity index (χ0v) is 16.3. The number of carbonyl (C=O) groups is 2. The van der Waals surface area contributed by atoms with Gasteiger partial charge in [0.25, 0.3) is 5.91 Å². The molecule has 6 nitrogen and oxygen atoms in total. The van der Waals surface area contributed by atoms with E-state index < -0.39 is 11.7 Å². The second kappa shape index (κ2) is 7.41. The van der Waals surface area contributed by atoms with E-state index in [1.165, 1.54) is 0 Å². The fourth-order valence-corrected chi connectivity index (χ4v) is 3.13. The lowest BCUT2D eigenvalue weighted by Gasteiger charge is -2.18. The van der Waals surface area contributed by atoms with Crippen LogP contribution >= 0.6 is 22.9 Å². The fourth-order valence-electron chi connectivity index (χ4n) is 2.01. The summed E-state index contributed by atoms with van der Waals surface area (Å²) in [6.45, 7) is 8.86. The van der Waals surface area contributed by atoms with E-state index in [1.54, 1.807) is 33.8 Å². The van der Waals surface area contributed by atoms with E-state index in [-0.39, 0.29) is 5.91 Å². The van der Waals surface area contributed by atoms with E-state index in [1.807, 2.05) is 19.1 Å². The Labute approximate surface area is 155 Å². The third-order valence-electron chi connectivity index (χ3n) is 3.07. The van der Waals surface area contributed by atoms with E-state index in [0.29, 0.717) is 26.4 Å². The number of nitrogens with one attached hydrogen (secondary N) is 2. The molecule has 25 heavy (non-hydrogen) atoms. The van der Waals surface area contributed by atoms with Gasteiger partial charge in [-0.3, -0.25) is 10.1 Å². The molecule has 0 atom stereocenters. The van der Waals surface area contributed by atoms with Crippen LogP contribution in [0.5, 0.6) is 0 Å². The normalized spacial score (nSPS) is 11.1. The summed E-state index contributed by atoms with van der Waals surface area (Å²) in [5.41, 5.74) is 1.31. The molecule has 0 aliphatic rings. The van der Waals surface area contributed by atoms with Gasteiger partial charge in [-0.05, 0) is 46.2 Å². The molecule has 0 unspecified atom stereocenters. The standard InChI is InChI=1S/C17H20ClN3O3S/c1-9-7-6-8-11(18)12(9)20-14(22)13-10(2)19-15(25-13)21-16(23)24-17(3,4)5/h6-8H,1-5H3,(H,20,22)(H,19,21,23). The quantitative estimate of drug-likeness (QED) is 0.782. The van der Waals surface area contributed by atoms with Gasteiger partial charge in [0.1, 0.15) is 10.5 Å². The number of aromatic nitrogens is 1. The van der Waals surface area contributed by atoms with E-state index in [2.05, 4.69) is 15.6 Å². The van der Waals surface area contributed by atoms with Crippen molar-refractivity contribution in [3.05, 3.63) is 39.4 Å². The van der Waals surface area contributed by atoms with Gasteiger partial charge in [0.2, 0.25) is 0 Å². The number of thiazole rings is 1. The highest BCUT2D eigenvalue weighted by Crippen LogP contribution is 2.28. The van der Waals surface area contributed by atoms with Crippen molar-refractivity contribution in [1.82, 2.24) is 4.98 Å². The molecule has 2 amide bonds. The monoisotopic (exact) mass is 381 g/mol. The Morgan fingerprint density at radius 2 is 1.88 bits per heavy atom. The third kappa shape index (κ3) is 5.17. The summed E-state index contributed by atoms with van der Waals surface area (Å²) in [4.78, 5) is 28.9. The molecule has 0 aliphatic carbocycles. The smallest absolute Gasteiger partial charge is 0.413 e. The third-order valence-corrected chi connectivity index (χ3v) is 4.46. The molecule has 0 fully saturated rings. The van der Waals surface area contributed by atoms with Gasteiger partial charge in [0.05, 0.1) is 16.4 Å². The van der Waals surface area contributed by atoms with E-state index >= 15 is 0 Å². The lowest BCUT2D eigenvalue weighted by molar-refractivity contribution is 0.0635. The van der Waals surface area contributed by atoms with Crippen molar-refractivity contribution >= 4 is 45.8 Å². The number of ether oxygens (including phenoxy) is 1. The van der Waals surface area contributed by atoms with Gasteiger partial charge in [-0.2, -0.15) is 0 Å². The minimum absolute atomic E-state index is 0.299. The van der Waals surface area contributed by atoms with Crippen LogP contribution in [0.1, 0.15) is 41.7 Å². The average molecular weight is 382 g/mol. The van der Waals surface area contributed by atoms with Crippen LogP contribution in [0, 0.1) is 13.8 Å². The Morgan fingerprint density at radius 3 is 2.48 bits per heavy atom. The Balaban J connectivity index is 2.14. The molecule has 2 aromatic rings. The number of benzene rings is 1. The van der Waals surface area contributed by atoms with Crippen LogP contribution < -0.4 is 10.6 Å². The fraction of sp³-hybridized carbons (Fsp3) is 0.353. The Hall–Kier alpha value is -2.12. The molecule has 2 rings (SSSR count). The highest BCUT2D eigenvalue weighted by Gasteiger charge is 2.21. The number of rotatable bonds is 3. The largest absolute Gasteiger partial charge is 0.444 e. The van der Waals surface area contributed by atoms with Crippen molar-refractivity contribution in [2.45, 2.75) is 40.2 Å². The van der Waals surface area contributed by atoms with Gasteiger partial charge < -0.3 is 10.1 Å². The number of hydrogen-bond donors (Lipinski definition) is 2. The lowest BCUT2D eigenvalue weighted by atomic mass is 10.2. The first-order valence-electron chi connectivity index (χ1n) is 7.60. The van der Waals surface area contributed by atoms with Crippen molar-refractivity contribution in [2.24, 2.45) is 0 Å².